The van der Waals surface area contributed by atoms with Gasteiger partial charge < -0.3 is 10.5 Å². The first-order valence-electron chi connectivity index (χ1n) is 6.52. The van der Waals surface area contributed by atoms with Crippen molar-refractivity contribution in [3.05, 3.63) is 11.9 Å². The number of aromatic nitrogens is 2. The van der Waals surface area contributed by atoms with Crippen molar-refractivity contribution in [3.8, 4) is 5.75 Å². The van der Waals surface area contributed by atoms with Crippen LogP contribution in [0.25, 0.3) is 0 Å². The highest BCUT2D eigenvalue weighted by Crippen LogP contribution is 2.52. The first-order valence-corrected chi connectivity index (χ1v) is 6.52. The predicted molar refractivity (Wildman–Crippen MR) is 65.6 cm³/mol. The molecule has 1 aromatic heterocycles. The zero-order valence-corrected chi connectivity index (χ0v) is 10.6. The molecule has 94 valence electrons. The lowest BCUT2D eigenvalue weighted by Gasteiger charge is -2.28. The molecule has 4 nitrogen and oxygen atoms in total. The summed E-state index contributed by atoms with van der Waals surface area (Å²) in [6.45, 7) is 0. The molecular weight excluding hydrogens is 214 g/mol. The third kappa shape index (κ3) is 1.66. The molecule has 0 spiro atoms. The molecule has 3 rings (SSSR count). The van der Waals surface area contributed by atoms with Crippen LogP contribution in [-0.2, 0) is 7.05 Å². The molecular formula is C13H21N3O. The Morgan fingerprint density at radius 2 is 2.29 bits per heavy atom. The summed E-state index contributed by atoms with van der Waals surface area (Å²) < 4.78 is 7.23. The Balaban J connectivity index is 1.86. The monoisotopic (exact) mass is 235 g/mol. The van der Waals surface area contributed by atoms with Gasteiger partial charge in [-0.3, -0.25) is 4.68 Å². The van der Waals surface area contributed by atoms with Gasteiger partial charge in [-0.2, -0.15) is 5.10 Å². The van der Waals surface area contributed by atoms with E-state index in [0.29, 0.717) is 5.92 Å². The zero-order valence-electron chi connectivity index (χ0n) is 10.6. The summed E-state index contributed by atoms with van der Waals surface area (Å²) in [4.78, 5) is 0. The molecule has 4 atom stereocenters. The summed E-state index contributed by atoms with van der Waals surface area (Å²) in [5.74, 6) is 3.21. The maximum Gasteiger partial charge on any atom is 0.161 e. The average molecular weight is 235 g/mol. The van der Waals surface area contributed by atoms with Gasteiger partial charge in [0, 0.05) is 7.05 Å². The summed E-state index contributed by atoms with van der Waals surface area (Å²) >= 11 is 0. The SMILES string of the molecule is COc1cnn(C)c1C(N)C1CC2CCC1C2. The molecule has 2 aliphatic rings. The topological polar surface area (TPSA) is 53.1 Å². The second-order valence-corrected chi connectivity index (χ2v) is 5.59. The van der Waals surface area contributed by atoms with Gasteiger partial charge in [0.2, 0.25) is 0 Å². The van der Waals surface area contributed by atoms with Gasteiger partial charge in [-0.15, -0.1) is 0 Å². The van der Waals surface area contributed by atoms with Crippen molar-refractivity contribution in [2.24, 2.45) is 30.5 Å². The summed E-state index contributed by atoms with van der Waals surface area (Å²) in [6.07, 6.45) is 7.22. The molecule has 0 radical (unpaired) electrons. The van der Waals surface area contributed by atoms with E-state index >= 15 is 0 Å². The van der Waals surface area contributed by atoms with Crippen molar-refractivity contribution in [3.63, 3.8) is 0 Å². The van der Waals surface area contributed by atoms with E-state index < -0.39 is 0 Å². The van der Waals surface area contributed by atoms with E-state index in [1.54, 1.807) is 13.3 Å². The lowest BCUT2D eigenvalue weighted by Crippen LogP contribution is -2.28. The van der Waals surface area contributed by atoms with Crippen LogP contribution in [0.5, 0.6) is 5.75 Å². The van der Waals surface area contributed by atoms with Crippen LogP contribution in [0.4, 0.5) is 0 Å². The normalized spacial score (nSPS) is 33.0. The minimum Gasteiger partial charge on any atom is -0.493 e. The molecule has 2 fully saturated rings. The van der Waals surface area contributed by atoms with Crippen LogP contribution >= 0.6 is 0 Å². The Kier molecular flexibility index (Phi) is 2.62. The third-order valence-corrected chi connectivity index (χ3v) is 4.74. The van der Waals surface area contributed by atoms with Crippen LogP contribution in [0.3, 0.4) is 0 Å². The summed E-state index contributed by atoms with van der Waals surface area (Å²) in [7, 11) is 3.64. The average Bonchev–Trinajstić information content (AvgIpc) is 3.01. The molecule has 0 aliphatic heterocycles. The van der Waals surface area contributed by atoms with Crippen LogP contribution in [0, 0.1) is 17.8 Å². The third-order valence-electron chi connectivity index (χ3n) is 4.74. The fourth-order valence-electron chi connectivity index (χ4n) is 3.90. The van der Waals surface area contributed by atoms with Crippen molar-refractivity contribution in [1.29, 1.82) is 0 Å². The van der Waals surface area contributed by atoms with Crippen molar-refractivity contribution in [1.82, 2.24) is 9.78 Å². The molecule has 0 aromatic carbocycles. The number of nitrogens with zero attached hydrogens (tertiary/aromatic N) is 2. The lowest BCUT2D eigenvalue weighted by atomic mass is 9.82. The number of fused-ring (bicyclic) bond motifs is 2. The first-order chi connectivity index (χ1) is 8.20. The summed E-state index contributed by atoms with van der Waals surface area (Å²) in [6, 6.07) is 0.0766. The molecule has 0 amide bonds. The molecule has 2 saturated carbocycles. The Bertz CT molecular complexity index is 415. The van der Waals surface area contributed by atoms with Crippen LogP contribution in [0.15, 0.2) is 6.20 Å². The van der Waals surface area contributed by atoms with Gasteiger partial charge in [-0.1, -0.05) is 6.42 Å². The van der Waals surface area contributed by atoms with Crippen molar-refractivity contribution < 1.29 is 4.74 Å². The summed E-state index contributed by atoms with van der Waals surface area (Å²) in [5, 5.41) is 4.25. The minimum atomic E-state index is 0.0766. The van der Waals surface area contributed by atoms with E-state index in [-0.39, 0.29) is 6.04 Å². The number of aryl methyl sites for hydroxylation is 1. The highest BCUT2D eigenvalue weighted by atomic mass is 16.5. The van der Waals surface area contributed by atoms with Gasteiger partial charge in [0.05, 0.1) is 25.0 Å². The van der Waals surface area contributed by atoms with E-state index in [9.17, 15) is 0 Å². The molecule has 17 heavy (non-hydrogen) atoms. The minimum absolute atomic E-state index is 0.0766. The van der Waals surface area contributed by atoms with E-state index in [4.69, 9.17) is 10.5 Å². The molecule has 0 saturated heterocycles. The molecule has 2 aliphatic carbocycles. The Morgan fingerprint density at radius 3 is 2.88 bits per heavy atom. The van der Waals surface area contributed by atoms with Crippen LogP contribution in [0.1, 0.15) is 37.4 Å². The van der Waals surface area contributed by atoms with E-state index in [1.165, 1.54) is 25.7 Å². The zero-order chi connectivity index (χ0) is 12.0. The second-order valence-electron chi connectivity index (χ2n) is 5.59. The maximum absolute atomic E-state index is 6.47. The van der Waals surface area contributed by atoms with Crippen LogP contribution in [-0.4, -0.2) is 16.9 Å². The van der Waals surface area contributed by atoms with Gasteiger partial charge in [0.25, 0.3) is 0 Å². The first kappa shape index (κ1) is 11.1. The van der Waals surface area contributed by atoms with E-state index in [0.717, 1.165) is 23.3 Å². The fraction of sp³-hybridized carbons (Fsp3) is 0.769. The van der Waals surface area contributed by atoms with E-state index in [2.05, 4.69) is 5.10 Å². The molecule has 2 N–H and O–H groups in total. The quantitative estimate of drug-likeness (QED) is 0.870. The predicted octanol–water partition coefficient (Wildman–Crippen LogP) is 1.86. The number of hydrogen-bond acceptors (Lipinski definition) is 3. The Hall–Kier alpha value is -1.03. The number of ether oxygens (including phenoxy) is 1. The standard InChI is InChI=1S/C13H21N3O/c1-16-13(11(17-2)7-15-16)12(14)10-6-8-3-4-9(10)5-8/h7-10,12H,3-6,14H2,1-2H3. The highest BCUT2D eigenvalue weighted by Gasteiger charge is 2.43. The number of hydrogen-bond donors (Lipinski definition) is 1. The van der Waals surface area contributed by atoms with Crippen molar-refractivity contribution in [2.45, 2.75) is 31.7 Å². The highest BCUT2D eigenvalue weighted by molar-refractivity contribution is 5.29. The second kappa shape index (κ2) is 4.02. The Morgan fingerprint density at radius 1 is 1.47 bits per heavy atom. The maximum atomic E-state index is 6.47. The van der Waals surface area contributed by atoms with Gasteiger partial charge >= 0.3 is 0 Å². The largest absolute Gasteiger partial charge is 0.493 e. The van der Waals surface area contributed by atoms with Crippen LogP contribution < -0.4 is 10.5 Å². The summed E-state index contributed by atoms with van der Waals surface area (Å²) in [5.41, 5.74) is 7.53. The van der Waals surface area contributed by atoms with Gasteiger partial charge in [0.15, 0.2) is 5.75 Å². The van der Waals surface area contributed by atoms with Crippen molar-refractivity contribution >= 4 is 0 Å². The smallest absolute Gasteiger partial charge is 0.161 e. The number of nitrogens with two attached hydrogens (primary N) is 1. The molecule has 4 heteroatoms. The fourth-order valence-corrected chi connectivity index (χ4v) is 3.90. The van der Waals surface area contributed by atoms with Gasteiger partial charge in [-0.25, -0.2) is 0 Å². The molecule has 1 aromatic rings. The molecule has 4 unspecified atom stereocenters. The Labute approximate surface area is 102 Å². The van der Waals surface area contributed by atoms with Crippen LogP contribution in [0.2, 0.25) is 0 Å². The van der Waals surface area contributed by atoms with Crippen molar-refractivity contribution in [2.75, 3.05) is 7.11 Å². The van der Waals surface area contributed by atoms with Gasteiger partial charge in [-0.05, 0) is 37.0 Å². The van der Waals surface area contributed by atoms with Gasteiger partial charge in [0.1, 0.15) is 0 Å². The molecule has 2 bridgehead atoms. The van der Waals surface area contributed by atoms with E-state index in [1.807, 2.05) is 11.7 Å². The number of rotatable bonds is 3. The lowest BCUT2D eigenvalue weighted by molar-refractivity contribution is 0.271. The number of methoxy groups -OCH3 is 1. The molecule has 1 heterocycles.